The summed E-state index contributed by atoms with van der Waals surface area (Å²) in [5.41, 5.74) is 5.99. The van der Waals surface area contributed by atoms with Gasteiger partial charge in [0.05, 0.1) is 12.2 Å². The minimum Gasteiger partial charge on any atom is -0.375 e. The molecule has 2 heterocycles. The number of nitrogens with two attached hydrogens (primary N) is 1. The zero-order chi connectivity index (χ0) is 14.5. The SMILES string of the molecule is NC1CCN(CC2CCC(OC3CCNCC3)CC2)CC1. The smallest absolute Gasteiger partial charge is 0.0603 e. The monoisotopic (exact) mass is 295 g/mol. The van der Waals surface area contributed by atoms with Crippen molar-refractivity contribution in [3.63, 3.8) is 0 Å². The van der Waals surface area contributed by atoms with Crippen LogP contribution in [0.4, 0.5) is 0 Å². The summed E-state index contributed by atoms with van der Waals surface area (Å²) in [5.74, 6) is 0.896. The second kappa shape index (κ2) is 7.91. The van der Waals surface area contributed by atoms with Crippen molar-refractivity contribution in [3.8, 4) is 0 Å². The van der Waals surface area contributed by atoms with Crippen LogP contribution in [0.5, 0.6) is 0 Å². The predicted octanol–water partition coefficient (Wildman–Crippen LogP) is 1.74. The molecule has 0 radical (unpaired) electrons. The van der Waals surface area contributed by atoms with Gasteiger partial charge in [-0.2, -0.15) is 0 Å². The highest BCUT2D eigenvalue weighted by Crippen LogP contribution is 2.29. The summed E-state index contributed by atoms with van der Waals surface area (Å²) in [7, 11) is 0. The zero-order valence-corrected chi connectivity index (χ0v) is 13.4. The minimum atomic E-state index is 0.454. The number of nitrogens with zero attached hydrogens (tertiary/aromatic N) is 1. The highest BCUT2D eigenvalue weighted by Gasteiger charge is 2.27. The Hall–Kier alpha value is -0.160. The van der Waals surface area contributed by atoms with E-state index in [9.17, 15) is 0 Å². The van der Waals surface area contributed by atoms with Gasteiger partial charge in [0, 0.05) is 12.6 Å². The van der Waals surface area contributed by atoms with Crippen molar-refractivity contribution < 1.29 is 4.74 Å². The Balaban J connectivity index is 1.33. The van der Waals surface area contributed by atoms with Gasteiger partial charge in [-0.3, -0.25) is 0 Å². The molecule has 4 heteroatoms. The van der Waals surface area contributed by atoms with E-state index in [1.807, 2.05) is 0 Å². The van der Waals surface area contributed by atoms with Crippen molar-refractivity contribution in [3.05, 3.63) is 0 Å². The first-order valence-corrected chi connectivity index (χ1v) is 9.13. The summed E-state index contributed by atoms with van der Waals surface area (Å²) in [6, 6.07) is 0.454. The third kappa shape index (κ3) is 4.92. The van der Waals surface area contributed by atoms with Crippen molar-refractivity contribution >= 4 is 0 Å². The second-order valence-electron chi connectivity index (χ2n) is 7.37. The van der Waals surface area contributed by atoms with Gasteiger partial charge in [0.1, 0.15) is 0 Å². The van der Waals surface area contributed by atoms with Crippen molar-refractivity contribution in [1.29, 1.82) is 0 Å². The third-order valence-electron chi connectivity index (χ3n) is 5.61. The van der Waals surface area contributed by atoms with E-state index in [1.165, 1.54) is 71.0 Å². The number of rotatable bonds is 4. The Kier molecular flexibility index (Phi) is 5.92. The molecule has 0 unspecified atom stereocenters. The van der Waals surface area contributed by atoms with Gasteiger partial charge in [-0.25, -0.2) is 0 Å². The van der Waals surface area contributed by atoms with Gasteiger partial charge in [-0.15, -0.1) is 0 Å². The predicted molar refractivity (Wildman–Crippen MR) is 86.4 cm³/mol. The zero-order valence-electron chi connectivity index (χ0n) is 13.4. The van der Waals surface area contributed by atoms with Gasteiger partial charge in [0.2, 0.25) is 0 Å². The molecular weight excluding hydrogens is 262 g/mol. The van der Waals surface area contributed by atoms with Crippen LogP contribution in [-0.2, 0) is 4.74 Å². The second-order valence-corrected chi connectivity index (χ2v) is 7.37. The number of hydrogen-bond acceptors (Lipinski definition) is 4. The average Bonchev–Trinajstić information content (AvgIpc) is 2.53. The van der Waals surface area contributed by atoms with Crippen molar-refractivity contribution in [2.45, 2.75) is 69.6 Å². The molecule has 0 bridgehead atoms. The molecule has 0 spiro atoms. The van der Waals surface area contributed by atoms with Gasteiger partial charge in [-0.1, -0.05) is 0 Å². The van der Waals surface area contributed by atoms with Crippen LogP contribution in [0.15, 0.2) is 0 Å². The molecule has 3 rings (SSSR count). The Morgan fingerprint density at radius 3 is 2.14 bits per heavy atom. The lowest BCUT2D eigenvalue weighted by Gasteiger charge is -2.37. The topological polar surface area (TPSA) is 50.5 Å². The molecule has 122 valence electrons. The van der Waals surface area contributed by atoms with Crippen LogP contribution in [0, 0.1) is 5.92 Å². The van der Waals surface area contributed by atoms with E-state index in [4.69, 9.17) is 10.5 Å². The van der Waals surface area contributed by atoms with Crippen LogP contribution in [0.3, 0.4) is 0 Å². The normalized spacial score (nSPS) is 34.1. The van der Waals surface area contributed by atoms with Crippen LogP contribution in [0.2, 0.25) is 0 Å². The minimum absolute atomic E-state index is 0.454. The van der Waals surface area contributed by atoms with E-state index in [0.717, 1.165) is 19.0 Å². The molecule has 2 saturated heterocycles. The summed E-state index contributed by atoms with van der Waals surface area (Å²) in [6.45, 7) is 6.00. The average molecular weight is 295 g/mol. The van der Waals surface area contributed by atoms with Crippen LogP contribution in [-0.4, -0.2) is 55.9 Å². The molecule has 1 aliphatic carbocycles. The Morgan fingerprint density at radius 2 is 1.48 bits per heavy atom. The Bertz CT molecular complexity index is 290. The summed E-state index contributed by atoms with van der Waals surface area (Å²) in [5, 5.41) is 3.41. The lowest BCUT2D eigenvalue weighted by atomic mass is 9.86. The van der Waals surface area contributed by atoms with Crippen molar-refractivity contribution in [1.82, 2.24) is 10.2 Å². The summed E-state index contributed by atoms with van der Waals surface area (Å²) < 4.78 is 6.31. The lowest BCUT2D eigenvalue weighted by molar-refractivity contribution is -0.0499. The molecular formula is C17H33N3O. The lowest BCUT2D eigenvalue weighted by Crippen LogP contribution is -2.42. The molecule has 0 atom stereocenters. The fourth-order valence-electron chi connectivity index (χ4n) is 4.15. The quantitative estimate of drug-likeness (QED) is 0.829. The van der Waals surface area contributed by atoms with Crippen molar-refractivity contribution in [2.75, 3.05) is 32.7 Å². The highest BCUT2D eigenvalue weighted by molar-refractivity contribution is 4.80. The van der Waals surface area contributed by atoms with E-state index >= 15 is 0 Å². The maximum atomic E-state index is 6.31. The first kappa shape index (κ1) is 15.7. The van der Waals surface area contributed by atoms with Gasteiger partial charge < -0.3 is 20.7 Å². The van der Waals surface area contributed by atoms with Gasteiger partial charge >= 0.3 is 0 Å². The fourth-order valence-corrected chi connectivity index (χ4v) is 4.15. The molecule has 3 N–H and O–H groups in total. The molecule has 0 aromatic heterocycles. The van der Waals surface area contributed by atoms with Gasteiger partial charge in [-0.05, 0) is 83.5 Å². The molecule has 3 fully saturated rings. The number of likely N-dealkylation sites (tertiary alicyclic amines) is 1. The van der Waals surface area contributed by atoms with E-state index < -0.39 is 0 Å². The maximum absolute atomic E-state index is 6.31. The van der Waals surface area contributed by atoms with E-state index in [1.54, 1.807) is 0 Å². The molecule has 1 saturated carbocycles. The molecule has 3 aliphatic rings. The van der Waals surface area contributed by atoms with Crippen LogP contribution < -0.4 is 11.1 Å². The molecule has 0 aromatic rings. The first-order valence-electron chi connectivity index (χ1n) is 9.13. The van der Waals surface area contributed by atoms with Crippen LogP contribution >= 0.6 is 0 Å². The van der Waals surface area contributed by atoms with E-state index in [2.05, 4.69) is 10.2 Å². The fraction of sp³-hybridized carbons (Fsp3) is 1.00. The number of nitrogens with one attached hydrogen (secondary N) is 1. The Morgan fingerprint density at radius 1 is 0.857 bits per heavy atom. The largest absolute Gasteiger partial charge is 0.375 e. The maximum Gasteiger partial charge on any atom is 0.0603 e. The molecule has 0 amide bonds. The number of ether oxygens (including phenoxy) is 1. The summed E-state index contributed by atoms with van der Waals surface area (Å²) in [4.78, 5) is 2.64. The molecule has 21 heavy (non-hydrogen) atoms. The molecule has 4 nitrogen and oxygen atoms in total. The van der Waals surface area contributed by atoms with Crippen molar-refractivity contribution in [2.24, 2.45) is 11.7 Å². The molecule has 2 aliphatic heterocycles. The highest BCUT2D eigenvalue weighted by atomic mass is 16.5. The van der Waals surface area contributed by atoms with Gasteiger partial charge in [0.25, 0.3) is 0 Å². The Labute approximate surface area is 129 Å². The standard InChI is InChI=1S/C17H33N3O/c18-15-7-11-20(12-8-15)13-14-1-3-16(4-2-14)21-17-5-9-19-10-6-17/h14-17,19H,1-13,18H2. The van der Waals surface area contributed by atoms with Crippen LogP contribution in [0.25, 0.3) is 0 Å². The first-order chi connectivity index (χ1) is 10.3. The van der Waals surface area contributed by atoms with Crippen LogP contribution in [0.1, 0.15) is 51.4 Å². The van der Waals surface area contributed by atoms with Gasteiger partial charge in [0.15, 0.2) is 0 Å². The summed E-state index contributed by atoms with van der Waals surface area (Å²) >= 11 is 0. The van der Waals surface area contributed by atoms with E-state index in [-0.39, 0.29) is 0 Å². The van der Waals surface area contributed by atoms with E-state index in [0.29, 0.717) is 18.2 Å². The number of hydrogen-bond donors (Lipinski definition) is 2. The third-order valence-corrected chi connectivity index (χ3v) is 5.61. The number of piperidine rings is 2. The summed E-state index contributed by atoms with van der Waals surface area (Å²) in [6.07, 6.45) is 11.1. The molecule has 0 aromatic carbocycles.